The van der Waals surface area contributed by atoms with Crippen molar-refractivity contribution in [1.29, 1.82) is 0 Å². The Morgan fingerprint density at radius 3 is 2.88 bits per heavy atom. The van der Waals surface area contributed by atoms with E-state index in [1.54, 1.807) is 6.07 Å². The summed E-state index contributed by atoms with van der Waals surface area (Å²) in [5.74, 6) is -0.0225. The molecule has 0 aliphatic rings. The van der Waals surface area contributed by atoms with Gasteiger partial charge in [-0.25, -0.2) is 9.78 Å². The van der Waals surface area contributed by atoms with Crippen molar-refractivity contribution >= 4 is 28.0 Å². The van der Waals surface area contributed by atoms with E-state index in [9.17, 15) is 9.90 Å². The fourth-order valence-electron chi connectivity index (χ4n) is 2.83. The zero-order valence-corrected chi connectivity index (χ0v) is 13.8. The summed E-state index contributed by atoms with van der Waals surface area (Å²) in [6.45, 7) is 0.509. The summed E-state index contributed by atoms with van der Waals surface area (Å²) in [6.07, 6.45) is 0. The number of carbonyl (C=O) groups is 1. The second-order valence-corrected chi connectivity index (χ2v) is 5.65. The van der Waals surface area contributed by atoms with E-state index in [2.05, 4.69) is 25.4 Å². The Kier molecular flexibility index (Phi) is 3.98. The molecule has 0 unspecified atom stereocenters. The van der Waals surface area contributed by atoms with Gasteiger partial charge in [-0.05, 0) is 18.2 Å². The van der Waals surface area contributed by atoms with Gasteiger partial charge in [0.2, 0.25) is 0 Å². The predicted molar refractivity (Wildman–Crippen MR) is 92.0 cm³/mol. The molecule has 0 amide bonds. The summed E-state index contributed by atoms with van der Waals surface area (Å²) in [5.41, 5.74) is 3.50. The van der Waals surface area contributed by atoms with Crippen LogP contribution in [0, 0.1) is 0 Å². The summed E-state index contributed by atoms with van der Waals surface area (Å²) >= 11 is 0. The molecule has 0 bridgehead atoms. The van der Waals surface area contributed by atoms with Crippen LogP contribution < -0.4 is 4.74 Å². The van der Waals surface area contributed by atoms with Crippen molar-refractivity contribution in [3.63, 3.8) is 0 Å². The van der Waals surface area contributed by atoms with E-state index in [-0.39, 0.29) is 12.2 Å². The first-order valence-electron chi connectivity index (χ1n) is 7.82. The molecule has 0 radical (unpaired) electrons. The number of rotatable bonds is 6. The molecule has 3 N–H and O–H groups in total. The molecular formula is C17H15N5O4. The van der Waals surface area contributed by atoms with Gasteiger partial charge in [0.15, 0.2) is 0 Å². The van der Waals surface area contributed by atoms with Crippen molar-refractivity contribution in [2.45, 2.75) is 13.2 Å². The number of hydrogen-bond donors (Lipinski definition) is 3. The third-order valence-electron chi connectivity index (χ3n) is 4.04. The highest BCUT2D eigenvalue weighted by Gasteiger charge is 2.16. The second kappa shape index (κ2) is 6.45. The number of carboxylic acids is 1. The van der Waals surface area contributed by atoms with Crippen molar-refractivity contribution < 1.29 is 19.4 Å². The van der Waals surface area contributed by atoms with Crippen LogP contribution in [0.4, 0.5) is 0 Å². The first-order chi connectivity index (χ1) is 12.7. The van der Waals surface area contributed by atoms with Crippen molar-refractivity contribution in [1.82, 2.24) is 25.4 Å². The largest absolute Gasteiger partial charge is 0.494 e. The zero-order valence-electron chi connectivity index (χ0n) is 13.8. The third-order valence-corrected chi connectivity index (χ3v) is 4.04. The average molecular weight is 353 g/mol. The molecule has 9 heteroatoms. The minimum absolute atomic E-state index is 0.131. The number of benzene rings is 2. The van der Waals surface area contributed by atoms with E-state index in [0.29, 0.717) is 29.2 Å². The number of methoxy groups -OCH3 is 1. The van der Waals surface area contributed by atoms with Crippen LogP contribution in [0.5, 0.6) is 5.75 Å². The molecule has 0 saturated carbocycles. The van der Waals surface area contributed by atoms with Crippen LogP contribution >= 0.6 is 0 Å². The van der Waals surface area contributed by atoms with E-state index in [1.165, 1.54) is 13.2 Å². The lowest BCUT2D eigenvalue weighted by Gasteiger charge is -2.02. The summed E-state index contributed by atoms with van der Waals surface area (Å²) in [5, 5.41) is 20.0. The molecule has 9 nitrogen and oxygen atoms in total. The standard InChI is InChI=1S/C17H15N5O4/c1-25-12-6-5-10(17(23)24)15-16(12)19-13(18-15)8-26-7-9-3-2-4-11-14(9)21-22-20-11/h2-6H,7-8H2,1H3,(H,18,19)(H,23,24)(H,20,21,22). The van der Waals surface area contributed by atoms with Gasteiger partial charge in [0.1, 0.15) is 29.2 Å². The lowest BCUT2D eigenvalue weighted by atomic mass is 10.2. The molecule has 2 aromatic carbocycles. The fraction of sp³-hybridized carbons (Fsp3) is 0.176. The van der Waals surface area contributed by atoms with Crippen molar-refractivity contribution in [3.8, 4) is 5.75 Å². The number of carboxylic acid groups (broad SMARTS) is 1. The molecule has 0 spiro atoms. The molecule has 132 valence electrons. The van der Waals surface area contributed by atoms with Crippen LogP contribution in [0.25, 0.3) is 22.1 Å². The van der Waals surface area contributed by atoms with Gasteiger partial charge in [-0.1, -0.05) is 17.3 Å². The van der Waals surface area contributed by atoms with Crippen LogP contribution in [0.3, 0.4) is 0 Å². The minimum Gasteiger partial charge on any atom is -0.494 e. The number of H-pyrrole nitrogens is 2. The Hall–Kier alpha value is -3.46. The summed E-state index contributed by atoms with van der Waals surface area (Å²) in [7, 11) is 1.51. The van der Waals surface area contributed by atoms with Crippen molar-refractivity contribution in [2.75, 3.05) is 7.11 Å². The highest BCUT2D eigenvalue weighted by molar-refractivity contribution is 6.02. The first-order valence-corrected chi connectivity index (χ1v) is 7.82. The van der Waals surface area contributed by atoms with Crippen LogP contribution in [-0.4, -0.2) is 43.6 Å². The van der Waals surface area contributed by atoms with Crippen LogP contribution in [0.15, 0.2) is 30.3 Å². The molecule has 4 aromatic rings. The summed E-state index contributed by atoms with van der Waals surface area (Å²) < 4.78 is 11.0. The fourth-order valence-corrected chi connectivity index (χ4v) is 2.83. The number of ether oxygens (including phenoxy) is 2. The molecule has 0 aliphatic heterocycles. The van der Waals surface area contributed by atoms with E-state index in [1.807, 2.05) is 18.2 Å². The van der Waals surface area contributed by atoms with Crippen LogP contribution in [-0.2, 0) is 18.0 Å². The number of nitrogens with one attached hydrogen (secondary N) is 2. The molecule has 2 aromatic heterocycles. The minimum atomic E-state index is -1.04. The van der Waals surface area contributed by atoms with Gasteiger partial charge in [-0.3, -0.25) is 5.10 Å². The molecule has 2 heterocycles. The Morgan fingerprint density at radius 2 is 2.08 bits per heavy atom. The molecule has 0 aliphatic carbocycles. The highest BCUT2D eigenvalue weighted by Crippen LogP contribution is 2.27. The first kappa shape index (κ1) is 16.0. The predicted octanol–water partition coefficient (Wildman–Crippen LogP) is 2.26. The Balaban J connectivity index is 1.57. The Labute approximate surface area is 147 Å². The SMILES string of the molecule is COc1ccc(C(=O)O)c2[nH]c(COCc3cccc4[nH]nnc34)nc12. The van der Waals surface area contributed by atoms with Gasteiger partial charge in [0.05, 0.1) is 30.3 Å². The van der Waals surface area contributed by atoms with E-state index in [0.717, 1.165) is 16.6 Å². The lowest BCUT2D eigenvalue weighted by molar-refractivity contribution is 0.0698. The van der Waals surface area contributed by atoms with Gasteiger partial charge in [0.25, 0.3) is 0 Å². The molecule has 26 heavy (non-hydrogen) atoms. The number of imidazole rings is 1. The smallest absolute Gasteiger partial charge is 0.337 e. The van der Waals surface area contributed by atoms with Crippen LogP contribution in [0.1, 0.15) is 21.7 Å². The number of aromatic carboxylic acids is 1. The van der Waals surface area contributed by atoms with E-state index >= 15 is 0 Å². The zero-order chi connectivity index (χ0) is 18.1. The molecule has 0 atom stereocenters. The maximum Gasteiger partial charge on any atom is 0.337 e. The monoisotopic (exact) mass is 353 g/mol. The third kappa shape index (κ3) is 2.74. The summed E-state index contributed by atoms with van der Waals surface area (Å²) in [6, 6.07) is 8.76. The molecule has 0 saturated heterocycles. The maximum atomic E-state index is 11.4. The van der Waals surface area contributed by atoms with Gasteiger partial charge < -0.3 is 19.6 Å². The molecular weight excluding hydrogens is 338 g/mol. The van der Waals surface area contributed by atoms with Crippen molar-refractivity contribution in [2.24, 2.45) is 0 Å². The Morgan fingerprint density at radius 1 is 1.19 bits per heavy atom. The normalized spacial score (nSPS) is 11.3. The van der Waals surface area contributed by atoms with E-state index in [4.69, 9.17) is 9.47 Å². The quantitative estimate of drug-likeness (QED) is 0.485. The number of nitrogens with zero attached hydrogens (tertiary/aromatic N) is 3. The van der Waals surface area contributed by atoms with Gasteiger partial charge in [0, 0.05) is 5.56 Å². The van der Waals surface area contributed by atoms with Gasteiger partial charge in [-0.15, -0.1) is 5.10 Å². The topological polar surface area (TPSA) is 126 Å². The maximum absolute atomic E-state index is 11.4. The van der Waals surface area contributed by atoms with Gasteiger partial charge in [-0.2, -0.15) is 0 Å². The van der Waals surface area contributed by atoms with Crippen molar-refractivity contribution in [3.05, 3.63) is 47.3 Å². The van der Waals surface area contributed by atoms with Crippen LogP contribution in [0.2, 0.25) is 0 Å². The summed E-state index contributed by atoms with van der Waals surface area (Å²) in [4.78, 5) is 18.8. The lowest BCUT2D eigenvalue weighted by Crippen LogP contribution is -1.98. The number of aromatic amines is 2. The average Bonchev–Trinajstić information content (AvgIpc) is 3.27. The number of fused-ring (bicyclic) bond motifs is 2. The number of aromatic nitrogens is 5. The highest BCUT2D eigenvalue weighted by atomic mass is 16.5. The van der Waals surface area contributed by atoms with Gasteiger partial charge >= 0.3 is 5.97 Å². The Bertz CT molecular complexity index is 1100. The molecule has 4 rings (SSSR count). The van der Waals surface area contributed by atoms with E-state index < -0.39 is 5.97 Å². The molecule has 0 fully saturated rings. The second-order valence-electron chi connectivity index (χ2n) is 5.65. The number of hydrogen-bond acceptors (Lipinski definition) is 6.